The number of rotatable bonds is 6. The molecule has 3 N–H and O–H groups in total. The van der Waals surface area contributed by atoms with Crippen molar-refractivity contribution in [2.75, 3.05) is 6.61 Å². The van der Waals surface area contributed by atoms with Gasteiger partial charge in [-0.1, -0.05) is 53.2 Å². The molecule has 11 atom stereocenters. The van der Waals surface area contributed by atoms with Crippen molar-refractivity contribution >= 4 is 17.9 Å². The molecule has 0 radical (unpaired) electrons. The Morgan fingerprint density at radius 2 is 1.50 bits per heavy atom. The summed E-state index contributed by atoms with van der Waals surface area (Å²) in [6, 6.07) is 0. The van der Waals surface area contributed by atoms with Crippen molar-refractivity contribution in [1.82, 2.24) is 0 Å². The van der Waals surface area contributed by atoms with Crippen LogP contribution in [-0.2, 0) is 23.9 Å². The maximum absolute atomic E-state index is 12.9. The van der Waals surface area contributed by atoms with E-state index in [1.54, 1.807) is 0 Å². The van der Waals surface area contributed by atoms with E-state index in [1.165, 1.54) is 19.4 Å². The summed E-state index contributed by atoms with van der Waals surface area (Å²) >= 11 is 0. The summed E-state index contributed by atoms with van der Waals surface area (Å²) in [6.07, 6.45) is 7.68. The maximum atomic E-state index is 12.9. The highest BCUT2D eigenvalue weighted by Gasteiger charge is 2.70. The van der Waals surface area contributed by atoms with Gasteiger partial charge in [-0.2, -0.15) is 0 Å². The second kappa shape index (κ2) is 10.8. The number of carbonyl (C=O) groups is 3. The summed E-state index contributed by atoms with van der Waals surface area (Å²) in [7, 11) is 0. The summed E-state index contributed by atoms with van der Waals surface area (Å²) in [4.78, 5) is 38.0. The van der Waals surface area contributed by atoms with E-state index in [0.717, 1.165) is 51.4 Å². The molecule has 0 aromatic heterocycles. The number of esters is 2. The minimum Gasteiger partial charge on any atom is -0.481 e. The third kappa shape index (κ3) is 4.78. The lowest BCUT2D eigenvalue weighted by Crippen LogP contribution is -2.66. The van der Waals surface area contributed by atoms with Gasteiger partial charge in [0.2, 0.25) is 0 Å². The Morgan fingerprint density at radius 3 is 2.11 bits per heavy atom. The number of carboxylic acids is 1. The van der Waals surface area contributed by atoms with Crippen LogP contribution < -0.4 is 0 Å². The Hall–Kier alpha value is -1.93. The van der Waals surface area contributed by atoms with Gasteiger partial charge in [0.1, 0.15) is 24.9 Å². The summed E-state index contributed by atoms with van der Waals surface area (Å²) in [5.74, 6) is -1.56. The average Bonchev–Trinajstić information content (AvgIpc) is 2.93. The van der Waals surface area contributed by atoms with Gasteiger partial charge < -0.3 is 24.8 Å². The van der Waals surface area contributed by atoms with E-state index in [4.69, 9.17) is 9.47 Å². The van der Waals surface area contributed by atoms with Crippen LogP contribution in [0.2, 0.25) is 0 Å². The van der Waals surface area contributed by atoms with Crippen molar-refractivity contribution in [2.45, 2.75) is 138 Å². The number of aliphatic carboxylic acids is 1. The van der Waals surface area contributed by atoms with Crippen LogP contribution >= 0.6 is 0 Å². The number of ether oxygens (including phenoxy) is 2. The molecule has 0 saturated heterocycles. The van der Waals surface area contributed by atoms with Gasteiger partial charge in [-0.05, 0) is 117 Å². The first-order valence-corrected chi connectivity index (χ1v) is 16.9. The van der Waals surface area contributed by atoms with E-state index in [2.05, 4.69) is 40.7 Å². The van der Waals surface area contributed by atoms with Crippen molar-refractivity contribution in [3.05, 3.63) is 11.6 Å². The van der Waals surface area contributed by atoms with Gasteiger partial charge >= 0.3 is 17.9 Å². The molecule has 0 aliphatic heterocycles. The number of carbonyl (C=O) groups excluding carboxylic acids is 2. The Morgan fingerprint density at radius 1 is 0.864 bits per heavy atom. The topological polar surface area (TPSA) is 130 Å². The molecular formula is C36H56O8. The van der Waals surface area contributed by atoms with E-state index in [1.807, 2.05) is 6.92 Å². The van der Waals surface area contributed by atoms with Crippen LogP contribution in [0.5, 0.6) is 0 Å². The normalized spacial score (nSPS) is 45.6. The molecule has 248 valence electrons. The van der Waals surface area contributed by atoms with E-state index in [9.17, 15) is 29.7 Å². The lowest BCUT2D eigenvalue weighted by molar-refractivity contribution is -0.230. The smallest absolute Gasteiger partial charge is 0.334 e. The third-order valence-corrected chi connectivity index (χ3v) is 14.3. The van der Waals surface area contributed by atoms with Gasteiger partial charge in [-0.15, -0.1) is 0 Å². The molecule has 8 heteroatoms. The minimum atomic E-state index is -1.25. The van der Waals surface area contributed by atoms with Gasteiger partial charge in [0, 0.05) is 5.41 Å². The third-order valence-electron chi connectivity index (χ3n) is 14.3. The molecule has 5 aliphatic rings. The monoisotopic (exact) mass is 616 g/mol. The lowest BCUT2D eigenvalue weighted by atomic mass is 9.33. The van der Waals surface area contributed by atoms with Crippen LogP contribution in [0.3, 0.4) is 0 Å². The fourth-order valence-corrected chi connectivity index (χ4v) is 11.4. The summed E-state index contributed by atoms with van der Waals surface area (Å²) < 4.78 is 11.6. The molecule has 0 bridgehead atoms. The largest absolute Gasteiger partial charge is 0.481 e. The van der Waals surface area contributed by atoms with E-state index in [-0.39, 0.29) is 40.1 Å². The molecule has 4 fully saturated rings. The Labute approximate surface area is 263 Å². The molecule has 0 aromatic carbocycles. The van der Waals surface area contributed by atoms with Gasteiger partial charge in [0.05, 0.1) is 5.41 Å². The van der Waals surface area contributed by atoms with Crippen LogP contribution in [0.4, 0.5) is 0 Å². The van der Waals surface area contributed by atoms with Crippen molar-refractivity contribution in [1.29, 1.82) is 0 Å². The first-order valence-electron chi connectivity index (χ1n) is 16.9. The second-order valence-corrected chi connectivity index (χ2v) is 17.1. The molecule has 8 nitrogen and oxygen atoms in total. The standard InChI is InChI=1S/C36H56O8/c1-21(37)28(39)43-20-33(6)25-11-14-35(8)26(32(25,5)13-12-27(33)44-29(40)22(2)38)10-9-23-24-19-31(3,4)15-17-36(24,30(41)42)18-16-34(23,35)7/h9,21-22,24-27,37-38H,10-20H2,1-8H3,(H,41,42)/t21-,22-,24-,25+,26+,27-,32-,33?,34+,35+,36-/m0/s1. The first-order chi connectivity index (χ1) is 20.3. The second-order valence-electron chi connectivity index (χ2n) is 17.1. The van der Waals surface area contributed by atoms with E-state index >= 15 is 0 Å². The highest BCUT2D eigenvalue weighted by Crippen LogP contribution is 2.76. The van der Waals surface area contributed by atoms with Gasteiger partial charge in [0.25, 0.3) is 0 Å². The Balaban J connectivity index is 1.54. The van der Waals surface area contributed by atoms with Crippen LogP contribution in [0.1, 0.15) is 120 Å². The molecule has 4 saturated carbocycles. The molecule has 0 aromatic rings. The summed E-state index contributed by atoms with van der Waals surface area (Å²) in [6.45, 7) is 16.7. The molecule has 0 heterocycles. The number of aliphatic hydroxyl groups is 2. The predicted molar refractivity (Wildman–Crippen MR) is 165 cm³/mol. The molecule has 5 aliphatic carbocycles. The van der Waals surface area contributed by atoms with Crippen LogP contribution in [0, 0.1) is 50.2 Å². The number of fused-ring (bicyclic) bond motifs is 7. The number of allylic oxidation sites excluding steroid dienone is 2. The fourth-order valence-electron chi connectivity index (χ4n) is 11.4. The Bertz CT molecular complexity index is 1220. The molecule has 0 amide bonds. The number of hydrogen-bond acceptors (Lipinski definition) is 7. The average molecular weight is 617 g/mol. The highest BCUT2D eigenvalue weighted by molar-refractivity contribution is 5.77. The summed E-state index contributed by atoms with van der Waals surface area (Å²) in [5, 5.41) is 30.4. The van der Waals surface area contributed by atoms with Gasteiger partial charge in [-0.3, -0.25) is 4.79 Å². The number of hydrogen-bond donors (Lipinski definition) is 3. The zero-order valence-corrected chi connectivity index (χ0v) is 28.2. The summed E-state index contributed by atoms with van der Waals surface area (Å²) in [5.41, 5.74) is -0.202. The predicted octanol–water partition coefficient (Wildman–Crippen LogP) is 6.07. The number of carboxylic acid groups (broad SMARTS) is 1. The zero-order chi connectivity index (χ0) is 32.7. The van der Waals surface area contributed by atoms with Gasteiger partial charge in [-0.25, -0.2) is 9.59 Å². The van der Waals surface area contributed by atoms with Crippen LogP contribution in [0.15, 0.2) is 11.6 Å². The van der Waals surface area contributed by atoms with Gasteiger partial charge in [0.15, 0.2) is 0 Å². The minimum absolute atomic E-state index is 0.0226. The highest BCUT2D eigenvalue weighted by atomic mass is 16.6. The fraction of sp³-hybridized carbons (Fsp3) is 0.861. The zero-order valence-electron chi connectivity index (χ0n) is 28.2. The molecule has 1 unspecified atom stereocenters. The Kier molecular flexibility index (Phi) is 8.22. The number of aliphatic hydroxyl groups excluding tert-OH is 2. The maximum Gasteiger partial charge on any atom is 0.334 e. The van der Waals surface area contributed by atoms with Crippen molar-refractivity contribution in [3.63, 3.8) is 0 Å². The molecule has 44 heavy (non-hydrogen) atoms. The van der Waals surface area contributed by atoms with Crippen LogP contribution in [-0.4, -0.2) is 58.1 Å². The lowest BCUT2D eigenvalue weighted by Gasteiger charge is -2.71. The quantitative estimate of drug-likeness (QED) is 0.242. The van der Waals surface area contributed by atoms with Crippen LogP contribution in [0.25, 0.3) is 0 Å². The first kappa shape index (κ1) is 33.4. The SMILES string of the molecule is C[C@H](O)C(=O)OCC1(C)[C@@H](OC(=O)[C@H](C)O)CC[C@]2(C)[C@H]3CC=C4[C@@H]5CC(C)(C)CC[C@]5(C(=O)O)CC[C@@]4(C)[C@]3(C)CC[C@@H]12. The molecule has 0 spiro atoms. The van der Waals surface area contributed by atoms with Crippen molar-refractivity contribution in [2.24, 2.45) is 50.2 Å². The van der Waals surface area contributed by atoms with Crippen molar-refractivity contribution < 1.29 is 39.2 Å². The van der Waals surface area contributed by atoms with Crippen molar-refractivity contribution in [3.8, 4) is 0 Å². The van der Waals surface area contributed by atoms with E-state index < -0.39 is 47.0 Å². The molecule has 5 rings (SSSR count). The molecular weight excluding hydrogens is 560 g/mol. The van der Waals surface area contributed by atoms with E-state index in [0.29, 0.717) is 18.8 Å².